The van der Waals surface area contributed by atoms with Crippen molar-refractivity contribution in [1.82, 2.24) is 0 Å². The molecule has 0 fully saturated rings. The van der Waals surface area contributed by atoms with Gasteiger partial charge in [0.15, 0.2) is 0 Å². The first-order valence-electron chi connectivity index (χ1n) is 4.64. The Morgan fingerprint density at radius 2 is 0.941 bits per heavy atom. The van der Waals surface area contributed by atoms with E-state index in [-0.39, 0.29) is 34.0 Å². The van der Waals surface area contributed by atoms with E-state index in [9.17, 15) is 0 Å². The molecule has 0 aliphatic heterocycles. The fraction of sp³-hybridized carbons (Fsp3) is 0. The molecule has 0 spiro atoms. The van der Waals surface area contributed by atoms with E-state index < -0.39 is 23.8 Å². The van der Waals surface area contributed by atoms with Crippen LogP contribution in [-0.2, 0) is 23.8 Å². The maximum absolute atomic E-state index is 5.58. The molecule has 5 heteroatoms. The molecule has 2 nitrogen and oxygen atoms in total. The molecule has 0 unspecified atom stereocenters. The zero-order valence-corrected chi connectivity index (χ0v) is 15.9. The van der Waals surface area contributed by atoms with Crippen molar-refractivity contribution < 1.29 is 29.5 Å². The second kappa shape index (κ2) is 9.86. The Kier molecular flexibility index (Phi) is 9.78. The fourth-order valence-electron chi connectivity index (χ4n) is 1.09. The van der Waals surface area contributed by atoms with Gasteiger partial charge < -0.3 is 0 Å². The van der Waals surface area contributed by atoms with Gasteiger partial charge in [-0.1, -0.05) is 0 Å². The summed E-state index contributed by atoms with van der Waals surface area (Å²) < 4.78 is 11.2. The number of hydrogen-bond donors (Lipinski definition) is 0. The Balaban J connectivity index is 0.00000128. The number of halogens is 2. The average Bonchev–Trinajstić information content (AvgIpc) is 2.32. The number of benzene rings is 2. The summed E-state index contributed by atoms with van der Waals surface area (Å²) in [4.78, 5) is 0. The molecule has 0 radical (unpaired) electrons. The predicted molar refractivity (Wildman–Crippen MR) is 74.8 cm³/mol. The minimum absolute atomic E-state index is 0. The van der Waals surface area contributed by atoms with Crippen LogP contribution in [0.4, 0.5) is 0 Å². The molecule has 2 aromatic rings. The van der Waals surface area contributed by atoms with Crippen LogP contribution in [0.5, 0.6) is 11.5 Å². The topological polar surface area (TPSA) is 18.5 Å². The van der Waals surface area contributed by atoms with Gasteiger partial charge in [0.2, 0.25) is 0 Å². The van der Waals surface area contributed by atoms with Crippen molar-refractivity contribution in [2.24, 2.45) is 0 Å². The van der Waals surface area contributed by atoms with E-state index >= 15 is 0 Å². The van der Waals surface area contributed by atoms with Crippen LogP contribution >= 0.6 is 34.0 Å². The molecule has 0 atom stereocenters. The van der Waals surface area contributed by atoms with Crippen LogP contribution in [0.25, 0.3) is 0 Å². The Bertz CT molecular complexity index is 358. The Morgan fingerprint density at radius 1 is 0.588 bits per heavy atom. The van der Waals surface area contributed by atoms with Crippen LogP contribution in [-0.4, -0.2) is 0 Å². The zero-order valence-electron chi connectivity index (χ0n) is 8.91. The van der Waals surface area contributed by atoms with Crippen molar-refractivity contribution in [3.05, 3.63) is 60.7 Å². The third-order valence-corrected chi connectivity index (χ3v) is 4.10. The normalized spacial score (nSPS) is 8.24. The summed E-state index contributed by atoms with van der Waals surface area (Å²) >= 11 is -1.47. The van der Waals surface area contributed by atoms with Gasteiger partial charge in [0.1, 0.15) is 0 Å². The molecule has 2 rings (SSSR count). The SMILES string of the molecule is Br.Br.c1ccc([O][Hf][O]c2ccccc2)cc1. The van der Waals surface area contributed by atoms with Crippen LogP contribution < -0.4 is 5.71 Å². The van der Waals surface area contributed by atoms with Crippen molar-refractivity contribution in [1.29, 1.82) is 0 Å². The third-order valence-electron chi connectivity index (χ3n) is 1.81. The number of rotatable bonds is 4. The van der Waals surface area contributed by atoms with E-state index in [2.05, 4.69) is 0 Å². The Labute approximate surface area is 134 Å². The van der Waals surface area contributed by atoms with E-state index in [1.165, 1.54) is 0 Å². The number of para-hydroxylation sites is 2. The van der Waals surface area contributed by atoms with E-state index in [1.807, 2.05) is 60.7 Å². The summed E-state index contributed by atoms with van der Waals surface area (Å²) in [6.07, 6.45) is 0. The van der Waals surface area contributed by atoms with Gasteiger partial charge in [-0.05, 0) is 0 Å². The summed E-state index contributed by atoms with van der Waals surface area (Å²) in [5, 5.41) is 0. The second-order valence-electron chi connectivity index (χ2n) is 2.91. The van der Waals surface area contributed by atoms with Crippen molar-refractivity contribution in [2.45, 2.75) is 0 Å². The predicted octanol–water partition coefficient (Wildman–Crippen LogP) is 4.21. The van der Waals surface area contributed by atoms with Crippen molar-refractivity contribution in [3.8, 4) is 11.5 Å². The van der Waals surface area contributed by atoms with E-state index in [1.54, 1.807) is 0 Å². The first-order valence-corrected chi connectivity index (χ1v) is 7.57. The molecule has 0 aliphatic rings. The standard InChI is InChI=1S/2C6H6O.2BrH.Hf/c2*7-6-4-2-1-3-5-6;;;/h2*1-5,7H;2*1H;/q;;;;+2/p-2. The number of hydrogen-bond acceptors (Lipinski definition) is 2. The summed E-state index contributed by atoms with van der Waals surface area (Å²) in [6.45, 7) is 0. The minimum atomic E-state index is -1.47. The Morgan fingerprint density at radius 3 is 1.29 bits per heavy atom. The third kappa shape index (κ3) is 6.38. The molecule has 90 valence electrons. The van der Waals surface area contributed by atoms with Crippen LogP contribution in [0.2, 0.25) is 0 Å². The van der Waals surface area contributed by atoms with Crippen LogP contribution in [0.15, 0.2) is 60.7 Å². The molecule has 17 heavy (non-hydrogen) atoms. The molecule has 0 amide bonds. The monoisotopic (exact) mass is 526 g/mol. The fourth-order valence-corrected chi connectivity index (χ4v) is 2.91. The molecule has 0 aliphatic carbocycles. The molecule has 0 N–H and O–H groups in total. The molecule has 0 heterocycles. The van der Waals surface area contributed by atoms with Gasteiger partial charge in [0.25, 0.3) is 0 Å². The molecule has 0 saturated carbocycles. The first kappa shape index (κ1) is 16.9. The molecular weight excluding hydrogens is 514 g/mol. The van der Waals surface area contributed by atoms with Gasteiger partial charge in [-0.25, -0.2) is 0 Å². The molecular formula is C12H12Br2HfO2. The van der Waals surface area contributed by atoms with Crippen molar-refractivity contribution in [3.63, 3.8) is 0 Å². The summed E-state index contributed by atoms with van der Waals surface area (Å²) in [6, 6.07) is 19.6. The molecule has 2 aromatic carbocycles. The maximum atomic E-state index is 5.58. The summed E-state index contributed by atoms with van der Waals surface area (Å²) in [5.41, 5.74) is 0. The van der Waals surface area contributed by atoms with E-state index in [0.29, 0.717) is 0 Å². The average molecular weight is 527 g/mol. The van der Waals surface area contributed by atoms with Gasteiger partial charge in [-0.15, -0.1) is 34.0 Å². The summed E-state index contributed by atoms with van der Waals surface area (Å²) in [5.74, 6) is 1.80. The molecule has 0 aromatic heterocycles. The molecule has 0 saturated heterocycles. The van der Waals surface area contributed by atoms with E-state index in [0.717, 1.165) is 11.5 Å². The second-order valence-corrected chi connectivity index (χ2v) is 4.98. The zero-order chi connectivity index (χ0) is 10.3. The van der Waals surface area contributed by atoms with Gasteiger partial charge in [-0.3, -0.25) is 0 Å². The van der Waals surface area contributed by atoms with Gasteiger partial charge in [0, 0.05) is 0 Å². The van der Waals surface area contributed by atoms with Crippen LogP contribution in [0, 0.1) is 0 Å². The van der Waals surface area contributed by atoms with Crippen LogP contribution in [0.3, 0.4) is 0 Å². The van der Waals surface area contributed by atoms with Gasteiger partial charge in [0.05, 0.1) is 0 Å². The van der Waals surface area contributed by atoms with E-state index in [4.69, 9.17) is 5.71 Å². The van der Waals surface area contributed by atoms with Crippen molar-refractivity contribution >= 4 is 34.0 Å². The van der Waals surface area contributed by atoms with Crippen molar-refractivity contribution in [2.75, 3.05) is 0 Å². The first-order chi connectivity index (χ1) is 7.45. The molecule has 0 bridgehead atoms. The summed E-state index contributed by atoms with van der Waals surface area (Å²) in [7, 11) is 0. The van der Waals surface area contributed by atoms with Gasteiger partial charge >= 0.3 is 102 Å². The quantitative estimate of drug-likeness (QED) is 0.556. The van der Waals surface area contributed by atoms with Gasteiger partial charge in [-0.2, -0.15) is 0 Å². The van der Waals surface area contributed by atoms with Crippen LogP contribution in [0.1, 0.15) is 0 Å². The Hall–Kier alpha value is -0.130.